The fourth-order valence-electron chi connectivity index (χ4n) is 5.46. The van der Waals surface area contributed by atoms with E-state index >= 15 is 0 Å². The van der Waals surface area contributed by atoms with Gasteiger partial charge in [0.1, 0.15) is 29.4 Å². The van der Waals surface area contributed by atoms with Crippen LogP contribution in [0.1, 0.15) is 43.2 Å². The maximum atomic E-state index is 14.3. The number of nitrogens with one attached hydrogen (secondary N) is 2. The summed E-state index contributed by atoms with van der Waals surface area (Å²) in [5, 5.41) is 12.9. The molecule has 208 valence electrons. The summed E-state index contributed by atoms with van der Waals surface area (Å²) in [6.07, 6.45) is 0.107. The topological polar surface area (TPSA) is 119 Å². The van der Waals surface area contributed by atoms with Crippen molar-refractivity contribution in [2.45, 2.75) is 50.3 Å². The zero-order valence-electron chi connectivity index (χ0n) is 22.5. The largest absolute Gasteiger partial charge is 0.373 e. The van der Waals surface area contributed by atoms with E-state index in [1.807, 2.05) is 6.07 Å². The van der Waals surface area contributed by atoms with E-state index in [0.29, 0.717) is 5.69 Å². The summed E-state index contributed by atoms with van der Waals surface area (Å²) in [7, 11) is 1.41. The molecule has 3 atom stereocenters. The molecular weight excluding hydrogens is 520 g/mol. The Labute approximate surface area is 229 Å². The van der Waals surface area contributed by atoms with Gasteiger partial charge in [-0.1, -0.05) is 18.2 Å². The average Bonchev–Trinajstić information content (AvgIpc) is 3.57. The maximum Gasteiger partial charge on any atom is 0.270 e. The van der Waals surface area contributed by atoms with Crippen LogP contribution in [-0.2, 0) is 19.7 Å². The number of amides is 3. The van der Waals surface area contributed by atoms with Crippen LogP contribution >= 0.6 is 0 Å². The predicted octanol–water partition coefficient (Wildman–Crippen LogP) is 3.72. The summed E-state index contributed by atoms with van der Waals surface area (Å²) in [5.41, 5.74) is -0.344. The third-order valence-corrected chi connectivity index (χ3v) is 7.55. The lowest BCUT2D eigenvalue weighted by Crippen LogP contribution is -2.54. The Hall–Kier alpha value is -4.30. The molecule has 2 N–H and O–H groups in total. The Morgan fingerprint density at radius 1 is 1.25 bits per heavy atom. The zero-order valence-corrected chi connectivity index (χ0v) is 22.5. The Kier molecular flexibility index (Phi) is 6.62. The molecule has 11 heteroatoms. The Morgan fingerprint density at radius 3 is 2.67 bits per heavy atom. The first-order chi connectivity index (χ1) is 18.8. The second-order valence-corrected chi connectivity index (χ2v) is 11.3. The number of hydrogen-bond acceptors (Lipinski definition) is 5. The molecule has 3 heterocycles. The number of nitrogens with zero attached hydrogens (tertiary/aromatic N) is 3. The third kappa shape index (κ3) is 4.58. The van der Waals surface area contributed by atoms with Crippen LogP contribution in [0.2, 0.25) is 0 Å². The van der Waals surface area contributed by atoms with Crippen molar-refractivity contribution in [1.29, 1.82) is 5.26 Å². The number of halogens is 2. The molecule has 1 spiro atoms. The van der Waals surface area contributed by atoms with Crippen molar-refractivity contribution >= 4 is 34.3 Å². The van der Waals surface area contributed by atoms with Gasteiger partial charge >= 0.3 is 0 Å². The highest BCUT2D eigenvalue weighted by molar-refractivity contribution is 6.07. The van der Waals surface area contributed by atoms with Crippen molar-refractivity contribution < 1.29 is 27.9 Å². The van der Waals surface area contributed by atoms with E-state index in [1.165, 1.54) is 18.0 Å². The highest BCUT2D eigenvalue weighted by Gasteiger charge is 2.56. The van der Waals surface area contributed by atoms with Gasteiger partial charge in [0.25, 0.3) is 5.91 Å². The molecule has 2 aliphatic heterocycles. The molecule has 0 radical (unpaired) electrons. The summed E-state index contributed by atoms with van der Waals surface area (Å²) in [6.45, 7) is 5.16. The SMILES string of the molecule is CN(C(=O)c1cc2c(F)cc(F)cc2[nH]1)C(COC(C)(C)C)C(=O)N1C[C@]2(C[C@H]1C#N)C(=O)Nc1ccccc12. The first-order valence-electron chi connectivity index (χ1n) is 12.8. The molecule has 2 aromatic carbocycles. The highest BCUT2D eigenvalue weighted by atomic mass is 19.1. The molecule has 1 aromatic heterocycles. The maximum absolute atomic E-state index is 14.3. The lowest BCUT2D eigenvalue weighted by atomic mass is 9.80. The van der Waals surface area contributed by atoms with E-state index < -0.39 is 46.5 Å². The van der Waals surface area contributed by atoms with Crippen molar-refractivity contribution in [2.75, 3.05) is 25.5 Å². The van der Waals surface area contributed by atoms with Gasteiger partial charge in [-0.15, -0.1) is 0 Å². The number of hydrogen-bond donors (Lipinski definition) is 2. The summed E-state index contributed by atoms with van der Waals surface area (Å²) in [5.74, 6) is -3.13. The predicted molar refractivity (Wildman–Crippen MR) is 142 cm³/mol. The third-order valence-electron chi connectivity index (χ3n) is 7.55. The van der Waals surface area contributed by atoms with E-state index in [-0.39, 0.29) is 42.1 Å². The molecule has 3 aromatic rings. The number of aromatic amines is 1. The van der Waals surface area contributed by atoms with Crippen LogP contribution in [0.15, 0.2) is 42.5 Å². The number of carbonyl (C=O) groups excluding carboxylic acids is 3. The van der Waals surface area contributed by atoms with Gasteiger partial charge in [0.15, 0.2) is 0 Å². The van der Waals surface area contributed by atoms with Crippen LogP contribution in [0.4, 0.5) is 14.5 Å². The first-order valence-corrected chi connectivity index (χ1v) is 12.8. The minimum Gasteiger partial charge on any atom is -0.373 e. The normalized spacial score (nSPS) is 20.9. The summed E-state index contributed by atoms with van der Waals surface area (Å²) in [4.78, 5) is 46.0. The van der Waals surface area contributed by atoms with Crippen molar-refractivity contribution in [1.82, 2.24) is 14.8 Å². The molecule has 2 aliphatic rings. The molecule has 9 nitrogen and oxygen atoms in total. The number of benzene rings is 2. The molecule has 0 saturated carbocycles. The number of para-hydroxylation sites is 1. The number of likely N-dealkylation sites (N-methyl/N-ethyl adjacent to an activating group) is 1. The number of anilines is 1. The number of likely N-dealkylation sites (tertiary alicyclic amines) is 1. The highest BCUT2D eigenvalue weighted by Crippen LogP contribution is 2.46. The van der Waals surface area contributed by atoms with Crippen molar-refractivity contribution in [3.05, 3.63) is 65.4 Å². The number of H-pyrrole nitrogens is 1. The lowest BCUT2D eigenvalue weighted by Gasteiger charge is -2.33. The zero-order chi connectivity index (χ0) is 29.0. The van der Waals surface area contributed by atoms with E-state index in [4.69, 9.17) is 4.74 Å². The number of rotatable bonds is 5. The van der Waals surface area contributed by atoms with Crippen LogP contribution in [0.25, 0.3) is 10.9 Å². The number of aromatic nitrogens is 1. The fraction of sp³-hybridized carbons (Fsp3) is 0.379. The Morgan fingerprint density at radius 2 is 1.98 bits per heavy atom. The van der Waals surface area contributed by atoms with Gasteiger partial charge in [-0.2, -0.15) is 5.26 Å². The van der Waals surface area contributed by atoms with Crippen LogP contribution in [0.3, 0.4) is 0 Å². The van der Waals surface area contributed by atoms with E-state index in [9.17, 15) is 28.4 Å². The van der Waals surface area contributed by atoms with Gasteiger partial charge in [-0.25, -0.2) is 8.78 Å². The van der Waals surface area contributed by atoms with Crippen molar-refractivity contribution in [2.24, 2.45) is 0 Å². The monoisotopic (exact) mass is 549 g/mol. The van der Waals surface area contributed by atoms with Gasteiger partial charge in [0, 0.05) is 37.2 Å². The Bertz CT molecular complexity index is 1570. The number of carbonyl (C=O) groups is 3. The van der Waals surface area contributed by atoms with Gasteiger partial charge in [-0.3, -0.25) is 14.4 Å². The van der Waals surface area contributed by atoms with Gasteiger partial charge in [-0.05, 0) is 44.5 Å². The van der Waals surface area contributed by atoms with Crippen LogP contribution < -0.4 is 5.32 Å². The molecule has 0 bridgehead atoms. The quantitative estimate of drug-likeness (QED) is 0.503. The Balaban J connectivity index is 1.48. The van der Waals surface area contributed by atoms with E-state index in [1.54, 1.807) is 39.0 Å². The molecule has 1 unspecified atom stereocenters. The van der Waals surface area contributed by atoms with E-state index in [2.05, 4.69) is 16.4 Å². The average molecular weight is 550 g/mol. The summed E-state index contributed by atoms with van der Waals surface area (Å²) < 4.78 is 33.9. The van der Waals surface area contributed by atoms with E-state index in [0.717, 1.165) is 22.6 Å². The molecule has 0 aliphatic carbocycles. The number of fused-ring (bicyclic) bond motifs is 3. The second kappa shape index (κ2) is 9.71. The van der Waals surface area contributed by atoms with Crippen molar-refractivity contribution in [3.63, 3.8) is 0 Å². The molecule has 40 heavy (non-hydrogen) atoms. The van der Waals surface area contributed by atoms with Crippen LogP contribution in [0.5, 0.6) is 0 Å². The summed E-state index contributed by atoms with van der Waals surface area (Å²) >= 11 is 0. The molecule has 5 rings (SSSR count). The molecule has 1 fully saturated rings. The smallest absolute Gasteiger partial charge is 0.270 e. The number of nitriles is 1. The standard InChI is InChI=1S/C29H29F2N5O4/c1-28(2,3)40-14-24(35(4)25(37)23-11-18-20(31)9-16(30)10-22(18)33-23)26(38)36-15-29(12-17(36)13-32)19-7-5-6-8-21(19)34-27(29)39/h5-11,17,24,33H,12,14-15H2,1-4H3,(H,34,39)/t17-,24?,29-/m0/s1. The van der Waals surface area contributed by atoms with Crippen LogP contribution in [-0.4, -0.2) is 70.4 Å². The molecule has 3 amide bonds. The van der Waals surface area contributed by atoms with Gasteiger partial charge in [0.05, 0.1) is 29.2 Å². The second-order valence-electron chi connectivity index (χ2n) is 11.3. The number of ether oxygens (including phenoxy) is 1. The van der Waals surface area contributed by atoms with Gasteiger partial charge in [0.2, 0.25) is 11.8 Å². The minimum atomic E-state index is -1.18. The molecule has 1 saturated heterocycles. The van der Waals surface area contributed by atoms with Crippen LogP contribution in [0, 0.1) is 23.0 Å². The first kappa shape index (κ1) is 27.3. The van der Waals surface area contributed by atoms with Gasteiger partial charge < -0.3 is 24.8 Å². The molecular formula is C29H29F2N5O4. The lowest BCUT2D eigenvalue weighted by molar-refractivity contribution is -0.140. The van der Waals surface area contributed by atoms with Crippen molar-refractivity contribution in [3.8, 4) is 6.07 Å². The fourth-order valence-corrected chi connectivity index (χ4v) is 5.46. The minimum absolute atomic E-state index is 0.0314. The summed E-state index contributed by atoms with van der Waals surface area (Å²) in [6, 6.07) is 10.3.